The number of fused-ring (bicyclic) bond motifs is 1. The molecule has 0 spiro atoms. The average Bonchev–Trinajstić information content (AvgIpc) is 2.97. The average molecular weight is 391 g/mol. The van der Waals surface area contributed by atoms with Gasteiger partial charge in [0.05, 0.1) is 11.1 Å². The third-order valence-corrected chi connectivity index (χ3v) is 3.40. The summed E-state index contributed by atoms with van der Waals surface area (Å²) in [5.74, 6) is -2.99. The van der Waals surface area contributed by atoms with Crippen LogP contribution in [0.15, 0.2) is 17.1 Å². The maximum atomic E-state index is 12.1. The first-order chi connectivity index (χ1) is 12.6. The predicted octanol–water partition coefficient (Wildman–Crippen LogP) is 1.13. The Morgan fingerprint density at radius 2 is 2.00 bits per heavy atom. The molecule has 150 valence electrons. The van der Waals surface area contributed by atoms with Crippen molar-refractivity contribution >= 4 is 23.0 Å². The Balaban J connectivity index is 0.000000445. The summed E-state index contributed by atoms with van der Waals surface area (Å²) in [5.41, 5.74) is 6.67. The lowest BCUT2D eigenvalue weighted by atomic mass is 10.1. The molecule has 2 aromatic heterocycles. The number of unbranched alkanes of at least 4 members (excludes halogenated alkanes) is 1. The van der Waals surface area contributed by atoms with Gasteiger partial charge in [0, 0.05) is 18.8 Å². The molecule has 0 saturated heterocycles. The minimum Gasteiger partial charge on any atom is -0.475 e. The van der Waals surface area contributed by atoms with Crippen LogP contribution in [0.3, 0.4) is 0 Å². The number of carboxylic acid groups (broad SMARTS) is 1. The Morgan fingerprint density at radius 3 is 2.52 bits per heavy atom. The van der Waals surface area contributed by atoms with Gasteiger partial charge in [0.1, 0.15) is 0 Å². The molecule has 12 heteroatoms. The number of carbonyl (C=O) groups excluding carboxylic acids is 1. The molecule has 0 aliphatic carbocycles. The first kappa shape index (κ1) is 22.2. The van der Waals surface area contributed by atoms with Gasteiger partial charge in [0.2, 0.25) is 0 Å². The molecule has 1 atom stereocenters. The number of H-pyrrole nitrogens is 2. The van der Waals surface area contributed by atoms with Crippen molar-refractivity contribution in [1.82, 2.24) is 20.3 Å². The summed E-state index contributed by atoms with van der Waals surface area (Å²) in [7, 11) is 0. The molecule has 2 heterocycles. The summed E-state index contributed by atoms with van der Waals surface area (Å²) in [6.45, 7) is 2.50. The van der Waals surface area contributed by atoms with Crippen LogP contribution in [0.1, 0.15) is 36.5 Å². The second kappa shape index (κ2) is 9.71. The SMILES string of the molecule is CCCCC(CN)NC(=O)c1cnc2[nH]c(=O)[nH]c2c1.O=C(O)C(F)(F)F. The molecule has 6 N–H and O–H groups in total. The Bertz CT molecular complexity index is 831. The molecular formula is C15H20F3N5O4. The fourth-order valence-electron chi connectivity index (χ4n) is 2.01. The van der Waals surface area contributed by atoms with Gasteiger partial charge in [0.25, 0.3) is 5.91 Å². The Morgan fingerprint density at radius 1 is 1.37 bits per heavy atom. The normalized spacial score (nSPS) is 12.2. The summed E-state index contributed by atoms with van der Waals surface area (Å²) in [5, 5.41) is 10.0. The molecule has 0 aliphatic heterocycles. The van der Waals surface area contributed by atoms with Gasteiger partial charge in [-0.15, -0.1) is 0 Å². The van der Waals surface area contributed by atoms with E-state index in [4.69, 9.17) is 15.6 Å². The molecular weight excluding hydrogens is 371 g/mol. The molecule has 0 radical (unpaired) electrons. The van der Waals surface area contributed by atoms with Gasteiger partial charge in [-0.1, -0.05) is 19.8 Å². The number of aromatic nitrogens is 3. The Hall–Kier alpha value is -2.89. The van der Waals surface area contributed by atoms with Gasteiger partial charge in [-0.2, -0.15) is 13.2 Å². The molecule has 0 aromatic carbocycles. The van der Waals surface area contributed by atoms with Crippen molar-refractivity contribution < 1.29 is 27.9 Å². The van der Waals surface area contributed by atoms with E-state index in [0.29, 0.717) is 23.3 Å². The van der Waals surface area contributed by atoms with Gasteiger partial charge < -0.3 is 21.1 Å². The molecule has 2 aromatic rings. The van der Waals surface area contributed by atoms with E-state index in [1.165, 1.54) is 6.20 Å². The van der Waals surface area contributed by atoms with Crippen LogP contribution in [0, 0.1) is 0 Å². The highest BCUT2D eigenvalue weighted by Gasteiger charge is 2.38. The van der Waals surface area contributed by atoms with Crippen molar-refractivity contribution in [2.24, 2.45) is 5.73 Å². The Labute approximate surface area is 151 Å². The number of carboxylic acids is 1. The van der Waals surface area contributed by atoms with Crippen molar-refractivity contribution in [3.8, 4) is 0 Å². The molecule has 1 amide bonds. The first-order valence-electron chi connectivity index (χ1n) is 7.97. The van der Waals surface area contributed by atoms with E-state index in [-0.39, 0.29) is 17.6 Å². The van der Waals surface area contributed by atoms with Crippen LogP contribution in [-0.4, -0.2) is 50.7 Å². The number of hydrogen-bond acceptors (Lipinski definition) is 5. The number of carbonyl (C=O) groups is 2. The van der Waals surface area contributed by atoms with Crippen molar-refractivity contribution in [2.45, 2.75) is 38.4 Å². The number of nitrogens with zero attached hydrogens (tertiary/aromatic N) is 1. The maximum absolute atomic E-state index is 12.1. The van der Waals surface area contributed by atoms with Gasteiger partial charge in [0.15, 0.2) is 5.65 Å². The van der Waals surface area contributed by atoms with Gasteiger partial charge in [-0.05, 0) is 12.5 Å². The quantitative estimate of drug-likeness (QED) is 0.497. The van der Waals surface area contributed by atoms with E-state index >= 15 is 0 Å². The van der Waals surface area contributed by atoms with Crippen LogP contribution >= 0.6 is 0 Å². The third-order valence-electron chi connectivity index (χ3n) is 3.40. The van der Waals surface area contributed by atoms with Crippen molar-refractivity contribution in [3.63, 3.8) is 0 Å². The molecule has 0 bridgehead atoms. The van der Waals surface area contributed by atoms with Crippen molar-refractivity contribution in [3.05, 3.63) is 28.3 Å². The highest BCUT2D eigenvalue weighted by Crippen LogP contribution is 2.13. The van der Waals surface area contributed by atoms with E-state index in [1.807, 2.05) is 0 Å². The number of alkyl halides is 3. The second-order valence-electron chi connectivity index (χ2n) is 5.55. The number of rotatable bonds is 6. The standard InChI is InChI=1S/C13H19N5O2.C2HF3O2/c1-2-3-4-9(6-14)16-12(19)8-5-10-11(15-7-8)18-13(20)17-10;3-2(4,5)1(6)7/h5,7,9H,2-4,6,14H2,1H3,(H,16,19)(H2,15,17,18,20);(H,6,7). The monoisotopic (exact) mass is 391 g/mol. The number of imidazole rings is 1. The number of pyridine rings is 1. The lowest BCUT2D eigenvalue weighted by Gasteiger charge is -2.16. The number of hydrogen-bond donors (Lipinski definition) is 5. The maximum Gasteiger partial charge on any atom is 0.490 e. The summed E-state index contributed by atoms with van der Waals surface area (Å²) in [6.07, 6.45) is -0.709. The summed E-state index contributed by atoms with van der Waals surface area (Å²) >= 11 is 0. The lowest BCUT2D eigenvalue weighted by molar-refractivity contribution is -0.192. The zero-order valence-electron chi connectivity index (χ0n) is 14.4. The van der Waals surface area contributed by atoms with Crippen LogP contribution in [0.4, 0.5) is 13.2 Å². The van der Waals surface area contributed by atoms with Crippen LogP contribution in [-0.2, 0) is 4.79 Å². The van der Waals surface area contributed by atoms with Gasteiger partial charge in [-0.3, -0.25) is 9.78 Å². The number of nitrogens with two attached hydrogens (primary N) is 1. The minimum absolute atomic E-state index is 0.0385. The van der Waals surface area contributed by atoms with Crippen LogP contribution in [0.2, 0.25) is 0 Å². The van der Waals surface area contributed by atoms with Crippen LogP contribution in [0.5, 0.6) is 0 Å². The molecule has 0 fully saturated rings. The molecule has 0 aliphatic rings. The largest absolute Gasteiger partial charge is 0.490 e. The van der Waals surface area contributed by atoms with Crippen molar-refractivity contribution in [1.29, 1.82) is 0 Å². The molecule has 1 unspecified atom stereocenters. The number of halogens is 3. The second-order valence-corrected chi connectivity index (χ2v) is 5.55. The first-order valence-corrected chi connectivity index (χ1v) is 7.97. The molecule has 0 saturated carbocycles. The summed E-state index contributed by atoms with van der Waals surface area (Å²) < 4.78 is 31.7. The van der Waals surface area contributed by atoms with Crippen molar-refractivity contribution in [2.75, 3.05) is 6.54 Å². The van der Waals surface area contributed by atoms with E-state index < -0.39 is 12.1 Å². The predicted molar refractivity (Wildman–Crippen MR) is 90.2 cm³/mol. The summed E-state index contributed by atoms with van der Waals surface area (Å²) in [6, 6.07) is 1.56. The third kappa shape index (κ3) is 7.09. The summed E-state index contributed by atoms with van der Waals surface area (Å²) in [4.78, 5) is 41.3. The topological polar surface area (TPSA) is 154 Å². The fourth-order valence-corrected chi connectivity index (χ4v) is 2.01. The zero-order valence-corrected chi connectivity index (χ0v) is 14.4. The number of aliphatic carboxylic acids is 1. The van der Waals surface area contributed by atoms with E-state index in [1.54, 1.807) is 6.07 Å². The molecule has 2 rings (SSSR count). The van der Waals surface area contributed by atoms with E-state index in [0.717, 1.165) is 19.3 Å². The number of amides is 1. The lowest BCUT2D eigenvalue weighted by Crippen LogP contribution is -2.40. The highest BCUT2D eigenvalue weighted by molar-refractivity contribution is 5.96. The van der Waals surface area contributed by atoms with E-state index in [9.17, 15) is 22.8 Å². The zero-order chi connectivity index (χ0) is 20.6. The van der Waals surface area contributed by atoms with Crippen LogP contribution < -0.4 is 16.7 Å². The van der Waals surface area contributed by atoms with Gasteiger partial charge in [-0.25, -0.2) is 14.6 Å². The number of aromatic amines is 2. The molecule has 9 nitrogen and oxygen atoms in total. The Kier molecular flexibility index (Phi) is 7.97. The highest BCUT2D eigenvalue weighted by atomic mass is 19.4. The number of nitrogens with one attached hydrogen (secondary N) is 3. The minimum atomic E-state index is -5.08. The van der Waals surface area contributed by atoms with E-state index in [2.05, 4.69) is 27.2 Å². The fraction of sp³-hybridized carbons (Fsp3) is 0.467. The van der Waals surface area contributed by atoms with Gasteiger partial charge >= 0.3 is 17.8 Å². The molecule has 27 heavy (non-hydrogen) atoms. The van der Waals surface area contributed by atoms with Crippen LogP contribution in [0.25, 0.3) is 11.2 Å². The smallest absolute Gasteiger partial charge is 0.475 e.